The molecule has 0 aromatic carbocycles. The molecule has 132 valence electrons. The molecule has 1 aromatic heterocycles. The van der Waals surface area contributed by atoms with Crippen LogP contribution >= 0.6 is 0 Å². The van der Waals surface area contributed by atoms with Gasteiger partial charge in [0.1, 0.15) is 18.3 Å². The molecule has 4 atom stereocenters. The molecular weight excluding hydrogens is 314 g/mol. The zero-order chi connectivity index (χ0) is 16.9. The molecule has 0 unspecified atom stereocenters. The number of rotatable bonds is 3. The monoisotopic (exact) mass is 337 g/mol. The molecule has 24 heavy (non-hydrogen) atoms. The number of nitrogens with zero attached hydrogens (tertiary/aromatic N) is 2. The van der Waals surface area contributed by atoms with Gasteiger partial charge in [-0.05, 0) is 39.8 Å². The van der Waals surface area contributed by atoms with Gasteiger partial charge in [0, 0.05) is 18.8 Å². The molecule has 4 rings (SSSR count). The first-order valence-corrected chi connectivity index (χ1v) is 8.48. The van der Waals surface area contributed by atoms with Crippen molar-refractivity contribution in [3.05, 3.63) is 33.1 Å². The van der Waals surface area contributed by atoms with E-state index < -0.39 is 23.3 Å². The number of H-pyrrole nitrogens is 1. The van der Waals surface area contributed by atoms with E-state index in [0.717, 1.165) is 19.6 Å². The van der Waals surface area contributed by atoms with Crippen molar-refractivity contribution in [1.29, 1.82) is 0 Å². The van der Waals surface area contributed by atoms with E-state index >= 15 is 0 Å². The second-order valence-electron chi connectivity index (χ2n) is 7.15. The summed E-state index contributed by atoms with van der Waals surface area (Å²) in [7, 11) is 0. The molecule has 1 aromatic rings. The van der Waals surface area contributed by atoms with E-state index in [1.807, 2.05) is 13.8 Å². The highest BCUT2D eigenvalue weighted by atomic mass is 16.8. The normalized spacial score (nSPS) is 35.4. The van der Waals surface area contributed by atoms with Gasteiger partial charge in [0.15, 0.2) is 12.0 Å². The topological polar surface area (TPSA) is 85.8 Å². The Balaban J connectivity index is 1.62. The Morgan fingerprint density at radius 3 is 2.62 bits per heavy atom. The molecule has 4 heterocycles. The zero-order valence-corrected chi connectivity index (χ0v) is 13.9. The SMILES string of the molecule is CC1(C)O[C@@H]2[C@H](O1)[C@@H](CN1CCCC1)O[C@H]2n1ccc(=O)[nH]c1=O. The summed E-state index contributed by atoms with van der Waals surface area (Å²) in [6, 6.07) is 1.31. The van der Waals surface area contributed by atoms with Gasteiger partial charge in [0.2, 0.25) is 0 Å². The summed E-state index contributed by atoms with van der Waals surface area (Å²) in [5, 5.41) is 0. The number of aromatic amines is 1. The van der Waals surface area contributed by atoms with Crippen LogP contribution in [0, 0.1) is 0 Å². The molecule has 0 spiro atoms. The quantitative estimate of drug-likeness (QED) is 0.839. The number of ether oxygens (including phenoxy) is 3. The molecule has 3 saturated heterocycles. The average molecular weight is 337 g/mol. The van der Waals surface area contributed by atoms with Gasteiger partial charge in [0.05, 0.1) is 0 Å². The van der Waals surface area contributed by atoms with Crippen molar-refractivity contribution in [3.8, 4) is 0 Å². The molecule has 0 radical (unpaired) electrons. The summed E-state index contributed by atoms with van der Waals surface area (Å²) in [6.07, 6.45) is 2.47. The molecule has 3 fully saturated rings. The largest absolute Gasteiger partial charge is 0.348 e. The van der Waals surface area contributed by atoms with Gasteiger partial charge >= 0.3 is 5.69 Å². The van der Waals surface area contributed by atoms with Crippen LogP contribution in [0.25, 0.3) is 0 Å². The number of hydrogen-bond donors (Lipinski definition) is 1. The molecule has 8 heteroatoms. The number of aromatic nitrogens is 2. The van der Waals surface area contributed by atoms with Gasteiger partial charge in [-0.1, -0.05) is 0 Å². The number of nitrogens with one attached hydrogen (secondary N) is 1. The molecule has 0 bridgehead atoms. The molecule has 0 amide bonds. The van der Waals surface area contributed by atoms with Gasteiger partial charge in [-0.25, -0.2) is 4.79 Å². The van der Waals surface area contributed by atoms with Crippen LogP contribution in [-0.4, -0.2) is 58.2 Å². The van der Waals surface area contributed by atoms with Gasteiger partial charge in [-0.15, -0.1) is 0 Å². The molecule has 0 aliphatic carbocycles. The van der Waals surface area contributed by atoms with Crippen molar-refractivity contribution < 1.29 is 14.2 Å². The zero-order valence-electron chi connectivity index (χ0n) is 13.9. The average Bonchev–Trinajstić information content (AvgIpc) is 3.17. The molecule has 8 nitrogen and oxygen atoms in total. The van der Waals surface area contributed by atoms with E-state index in [2.05, 4.69) is 9.88 Å². The molecular formula is C16H23N3O5. The lowest BCUT2D eigenvalue weighted by Gasteiger charge is -2.26. The lowest BCUT2D eigenvalue weighted by molar-refractivity contribution is -0.198. The summed E-state index contributed by atoms with van der Waals surface area (Å²) in [5.41, 5.74) is -0.926. The maximum absolute atomic E-state index is 12.1. The molecule has 3 aliphatic rings. The van der Waals surface area contributed by atoms with Gasteiger partial charge in [-0.3, -0.25) is 14.3 Å². The van der Waals surface area contributed by atoms with Gasteiger partial charge in [0.25, 0.3) is 5.56 Å². The Bertz CT molecular complexity index is 721. The Morgan fingerprint density at radius 2 is 1.92 bits per heavy atom. The van der Waals surface area contributed by atoms with Crippen molar-refractivity contribution >= 4 is 0 Å². The third-order valence-corrected chi connectivity index (χ3v) is 4.89. The highest BCUT2D eigenvalue weighted by molar-refractivity contribution is 4.99. The van der Waals surface area contributed by atoms with Crippen molar-refractivity contribution in [2.45, 2.75) is 57.0 Å². The minimum Gasteiger partial charge on any atom is -0.348 e. The third kappa shape index (κ3) is 2.83. The predicted octanol–water partition coefficient (Wildman–Crippen LogP) is 0.0499. The first-order valence-electron chi connectivity index (χ1n) is 8.48. The summed E-state index contributed by atoms with van der Waals surface area (Å²) in [6.45, 7) is 6.61. The Hall–Kier alpha value is -1.48. The predicted molar refractivity (Wildman–Crippen MR) is 84.7 cm³/mol. The number of hydrogen-bond acceptors (Lipinski definition) is 6. The maximum Gasteiger partial charge on any atom is 0.330 e. The first kappa shape index (κ1) is 16.0. The van der Waals surface area contributed by atoms with Crippen molar-refractivity contribution in [3.63, 3.8) is 0 Å². The lowest BCUT2D eigenvalue weighted by atomic mass is 10.1. The van der Waals surface area contributed by atoms with E-state index in [4.69, 9.17) is 14.2 Å². The van der Waals surface area contributed by atoms with Gasteiger partial charge in [-0.2, -0.15) is 0 Å². The third-order valence-electron chi connectivity index (χ3n) is 4.89. The van der Waals surface area contributed by atoms with Crippen LogP contribution in [0.15, 0.2) is 21.9 Å². The second kappa shape index (κ2) is 5.80. The van der Waals surface area contributed by atoms with Crippen LogP contribution in [0.1, 0.15) is 32.9 Å². The van der Waals surface area contributed by atoms with Crippen LogP contribution in [0.4, 0.5) is 0 Å². The van der Waals surface area contributed by atoms with Crippen LogP contribution < -0.4 is 11.2 Å². The summed E-state index contributed by atoms with van der Waals surface area (Å²) in [5.74, 6) is -0.716. The van der Waals surface area contributed by atoms with E-state index in [1.54, 1.807) is 0 Å². The van der Waals surface area contributed by atoms with Crippen LogP contribution in [0.3, 0.4) is 0 Å². The molecule has 3 aliphatic heterocycles. The van der Waals surface area contributed by atoms with E-state index in [-0.39, 0.29) is 18.3 Å². The fraction of sp³-hybridized carbons (Fsp3) is 0.750. The number of fused-ring (bicyclic) bond motifs is 1. The summed E-state index contributed by atoms with van der Waals surface area (Å²) >= 11 is 0. The van der Waals surface area contributed by atoms with E-state index in [9.17, 15) is 9.59 Å². The Labute approximate surface area is 139 Å². The standard InChI is InChI=1S/C16H23N3O5/c1-16(2)23-12-10(9-18-6-3-4-7-18)22-14(13(12)24-16)19-8-5-11(20)17-15(19)21/h5,8,10,12-14H,3-4,6-7,9H2,1-2H3,(H,17,20,21)/t10-,12-,13-,14-/m1/s1. The highest BCUT2D eigenvalue weighted by Gasteiger charge is 2.56. The smallest absolute Gasteiger partial charge is 0.330 e. The summed E-state index contributed by atoms with van der Waals surface area (Å²) in [4.78, 5) is 28.1. The lowest BCUT2D eigenvalue weighted by Crippen LogP contribution is -2.38. The Kier molecular flexibility index (Phi) is 3.87. The highest BCUT2D eigenvalue weighted by Crippen LogP contribution is 2.42. The summed E-state index contributed by atoms with van der Waals surface area (Å²) < 4.78 is 19.6. The maximum atomic E-state index is 12.1. The number of likely N-dealkylation sites (tertiary alicyclic amines) is 1. The first-order chi connectivity index (χ1) is 11.4. The van der Waals surface area contributed by atoms with Crippen LogP contribution in [0.5, 0.6) is 0 Å². The molecule has 0 saturated carbocycles. The fourth-order valence-electron chi connectivity index (χ4n) is 3.88. The van der Waals surface area contributed by atoms with Crippen LogP contribution in [-0.2, 0) is 14.2 Å². The van der Waals surface area contributed by atoms with E-state index in [1.165, 1.54) is 29.7 Å². The van der Waals surface area contributed by atoms with E-state index in [0.29, 0.717) is 0 Å². The van der Waals surface area contributed by atoms with Crippen molar-refractivity contribution in [2.24, 2.45) is 0 Å². The van der Waals surface area contributed by atoms with Crippen molar-refractivity contribution in [2.75, 3.05) is 19.6 Å². The minimum absolute atomic E-state index is 0.168. The minimum atomic E-state index is -0.716. The fourth-order valence-corrected chi connectivity index (χ4v) is 3.88. The Morgan fingerprint density at radius 1 is 1.21 bits per heavy atom. The van der Waals surface area contributed by atoms with Crippen LogP contribution in [0.2, 0.25) is 0 Å². The second-order valence-corrected chi connectivity index (χ2v) is 7.15. The molecule has 1 N–H and O–H groups in total. The van der Waals surface area contributed by atoms with Crippen molar-refractivity contribution in [1.82, 2.24) is 14.5 Å². The van der Waals surface area contributed by atoms with Gasteiger partial charge < -0.3 is 19.1 Å².